The molecule has 0 saturated carbocycles. The molecule has 1 aliphatic rings. The van der Waals surface area contributed by atoms with Crippen LogP contribution in [0.1, 0.15) is 38.4 Å². The molecular formula is C17H23ClFN3O3S. The molecule has 0 unspecified atom stereocenters. The Morgan fingerprint density at radius 2 is 2.04 bits per heavy atom. The van der Waals surface area contributed by atoms with Gasteiger partial charge in [0.25, 0.3) is 0 Å². The Morgan fingerprint density at radius 1 is 1.42 bits per heavy atom. The molecule has 2 heterocycles. The number of H-pyrrole nitrogens is 1. The van der Waals surface area contributed by atoms with Crippen LogP contribution in [0.5, 0.6) is 0 Å². The third-order valence-electron chi connectivity index (χ3n) is 5.62. The van der Waals surface area contributed by atoms with Gasteiger partial charge in [-0.3, -0.25) is 5.10 Å². The third kappa shape index (κ3) is 3.35. The number of nitrogens with zero attached hydrogens (tertiary/aromatic N) is 2. The van der Waals surface area contributed by atoms with Crippen molar-refractivity contribution in [3.8, 4) is 0 Å². The van der Waals surface area contributed by atoms with Crippen LogP contribution in [-0.4, -0.2) is 47.4 Å². The van der Waals surface area contributed by atoms with E-state index < -0.39 is 27.4 Å². The molecule has 26 heavy (non-hydrogen) atoms. The molecule has 6 nitrogen and oxygen atoms in total. The number of nitrogens with one attached hydrogen (secondary N) is 1. The molecule has 1 aromatic heterocycles. The largest absolute Gasteiger partial charge is 0.388 e. The smallest absolute Gasteiger partial charge is 0.211 e. The van der Waals surface area contributed by atoms with Gasteiger partial charge in [-0.15, -0.1) is 0 Å². The third-order valence-corrected chi connectivity index (χ3v) is 7.20. The van der Waals surface area contributed by atoms with Crippen molar-refractivity contribution in [1.82, 2.24) is 14.5 Å². The first-order valence-corrected chi connectivity index (χ1v) is 10.7. The number of aliphatic hydroxyl groups is 1. The summed E-state index contributed by atoms with van der Waals surface area (Å²) in [6.07, 6.45) is 2.83. The summed E-state index contributed by atoms with van der Waals surface area (Å²) >= 11 is 6.00. The summed E-state index contributed by atoms with van der Waals surface area (Å²) in [5, 5.41) is 18.3. The summed E-state index contributed by atoms with van der Waals surface area (Å²) in [5.41, 5.74) is -0.130. The number of halogens is 2. The van der Waals surface area contributed by atoms with Gasteiger partial charge < -0.3 is 5.11 Å². The van der Waals surface area contributed by atoms with E-state index in [2.05, 4.69) is 10.2 Å². The van der Waals surface area contributed by atoms with Gasteiger partial charge in [-0.2, -0.15) is 5.10 Å². The molecule has 0 spiro atoms. The van der Waals surface area contributed by atoms with Gasteiger partial charge in [0.05, 0.1) is 29.1 Å². The van der Waals surface area contributed by atoms with Crippen molar-refractivity contribution < 1.29 is 17.9 Å². The Kier molecular flexibility index (Phi) is 5.07. The summed E-state index contributed by atoms with van der Waals surface area (Å²) in [6, 6.07) is 1.48. The SMILES string of the molecule is CC(C)(C1CCN(S(C)(=O)=O)CC1)[C@H](O)c1c(F)c(Cl)cc2cn[nH]c12. The van der Waals surface area contributed by atoms with Crippen molar-refractivity contribution in [2.75, 3.05) is 19.3 Å². The van der Waals surface area contributed by atoms with Crippen LogP contribution in [0.3, 0.4) is 0 Å². The zero-order valence-electron chi connectivity index (χ0n) is 15.0. The highest BCUT2D eigenvalue weighted by atomic mass is 35.5. The molecule has 1 aliphatic heterocycles. The first-order valence-electron chi connectivity index (χ1n) is 8.47. The lowest BCUT2D eigenvalue weighted by atomic mass is 9.68. The molecule has 0 radical (unpaired) electrons. The van der Waals surface area contributed by atoms with Crippen LogP contribution in [0, 0.1) is 17.2 Å². The monoisotopic (exact) mass is 403 g/mol. The molecule has 2 N–H and O–H groups in total. The maximum atomic E-state index is 14.7. The summed E-state index contributed by atoms with van der Waals surface area (Å²) in [5.74, 6) is -0.621. The minimum atomic E-state index is -3.22. The summed E-state index contributed by atoms with van der Waals surface area (Å²) in [6.45, 7) is 4.55. The van der Waals surface area contributed by atoms with Crippen molar-refractivity contribution in [3.63, 3.8) is 0 Å². The van der Waals surface area contributed by atoms with E-state index in [1.807, 2.05) is 13.8 Å². The van der Waals surface area contributed by atoms with Crippen molar-refractivity contribution in [2.24, 2.45) is 11.3 Å². The van der Waals surface area contributed by atoms with Crippen LogP contribution < -0.4 is 0 Å². The van der Waals surface area contributed by atoms with Crippen LogP contribution in [-0.2, 0) is 10.0 Å². The lowest BCUT2D eigenvalue weighted by molar-refractivity contribution is -0.0131. The highest BCUT2D eigenvalue weighted by Gasteiger charge is 2.42. The predicted molar refractivity (Wildman–Crippen MR) is 98.9 cm³/mol. The second-order valence-electron chi connectivity index (χ2n) is 7.58. The standard InChI is InChI=1S/C17H23ClFN3O3S/c1-17(2,11-4-6-22(7-5-11)26(3,24)25)16(23)13-14(19)12(18)8-10-9-20-21-15(10)13/h8-9,11,16,23H,4-7H2,1-3H3,(H,20,21)/t16-/m1/s1. The number of aliphatic hydroxyl groups excluding tert-OH is 1. The zero-order valence-corrected chi connectivity index (χ0v) is 16.5. The highest BCUT2D eigenvalue weighted by molar-refractivity contribution is 7.88. The molecule has 2 aromatic rings. The number of piperidine rings is 1. The summed E-state index contributed by atoms with van der Waals surface area (Å²) < 4.78 is 39.6. The van der Waals surface area contributed by atoms with E-state index in [1.54, 1.807) is 0 Å². The van der Waals surface area contributed by atoms with Gasteiger partial charge in [-0.05, 0) is 30.2 Å². The Labute approximate surface area is 157 Å². The number of rotatable bonds is 4. The predicted octanol–water partition coefficient (Wildman–Crippen LogP) is 3.09. The lowest BCUT2D eigenvalue weighted by Crippen LogP contribution is -2.43. The molecule has 0 amide bonds. The molecule has 1 fully saturated rings. The lowest BCUT2D eigenvalue weighted by Gasteiger charge is -2.42. The molecule has 144 valence electrons. The fourth-order valence-electron chi connectivity index (χ4n) is 3.84. The first-order chi connectivity index (χ1) is 12.0. The van der Waals surface area contributed by atoms with Crippen molar-refractivity contribution in [1.29, 1.82) is 0 Å². The number of hydrogen-bond donors (Lipinski definition) is 2. The first kappa shape index (κ1) is 19.5. The van der Waals surface area contributed by atoms with Gasteiger partial charge in [-0.1, -0.05) is 25.4 Å². The molecule has 0 bridgehead atoms. The van der Waals surface area contributed by atoms with Gasteiger partial charge >= 0.3 is 0 Å². The number of aromatic amines is 1. The number of benzene rings is 1. The van der Waals surface area contributed by atoms with Crippen LogP contribution in [0.4, 0.5) is 4.39 Å². The Bertz CT molecular complexity index is 921. The van der Waals surface area contributed by atoms with Gasteiger partial charge in [0, 0.05) is 24.0 Å². The second kappa shape index (κ2) is 6.74. The van der Waals surface area contributed by atoms with E-state index in [0.29, 0.717) is 36.8 Å². The second-order valence-corrected chi connectivity index (χ2v) is 9.97. The van der Waals surface area contributed by atoms with Gasteiger partial charge in [0.15, 0.2) is 0 Å². The molecular weight excluding hydrogens is 381 g/mol. The molecule has 0 aliphatic carbocycles. The fraction of sp³-hybridized carbons (Fsp3) is 0.588. The molecule has 1 saturated heterocycles. The number of aromatic nitrogens is 2. The zero-order chi connectivity index (χ0) is 19.3. The molecule has 1 atom stereocenters. The maximum Gasteiger partial charge on any atom is 0.211 e. The summed E-state index contributed by atoms with van der Waals surface area (Å²) in [7, 11) is -3.22. The average molecular weight is 404 g/mol. The number of fused-ring (bicyclic) bond motifs is 1. The van der Waals surface area contributed by atoms with Crippen molar-refractivity contribution in [3.05, 3.63) is 28.7 Å². The molecule has 9 heteroatoms. The normalized spacial score (nSPS) is 19.2. The van der Waals surface area contributed by atoms with E-state index in [1.165, 1.54) is 22.8 Å². The average Bonchev–Trinajstić information content (AvgIpc) is 3.02. The van der Waals surface area contributed by atoms with E-state index in [-0.39, 0.29) is 16.5 Å². The fourth-order valence-corrected chi connectivity index (χ4v) is 4.94. The minimum Gasteiger partial charge on any atom is -0.388 e. The number of sulfonamides is 1. The summed E-state index contributed by atoms with van der Waals surface area (Å²) in [4.78, 5) is 0. The minimum absolute atomic E-state index is 0.0341. The molecule has 1 aromatic carbocycles. The number of hydrogen-bond acceptors (Lipinski definition) is 4. The van der Waals surface area contributed by atoms with E-state index in [9.17, 15) is 17.9 Å². The molecule has 3 rings (SSSR count). The van der Waals surface area contributed by atoms with Crippen LogP contribution in [0.25, 0.3) is 10.9 Å². The highest BCUT2D eigenvalue weighted by Crippen LogP contribution is 2.47. The van der Waals surface area contributed by atoms with Gasteiger partial charge in [0.2, 0.25) is 10.0 Å². The van der Waals surface area contributed by atoms with Crippen LogP contribution in [0.2, 0.25) is 5.02 Å². The quantitative estimate of drug-likeness (QED) is 0.821. The van der Waals surface area contributed by atoms with E-state index >= 15 is 0 Å². The Morgan fingerprint density at radius 3 is 2.62 bits per heavy atom. The van der Waals surface area contributed by atoms with Crippen molar-refractivity contribution >= 4 is 32.5 Å². The van der Waals surface area contributed by atoms with E-state index in [0.717, 1.165) is 0 Å². The Hall–Kier alpha value is -1.22. The van der Waals surface area contributed by atoms with Crippen LogP contribution >= 0.6 is 11.6 Å². The Balaban J connectivity index is 1.91. The van der Waals surface area contributed by atoms with Crippen molar-refractivity contribution in [2.45, 2.75) is 32.8 Å². The maximum absolute atomic E-state index is 14.7. The van der Waals surface area contributed by atoms with Gasteiger partial charge in [-0.25, -0.2) is 17.1 Å². The van der Waals surface area contributed by atoms with Gasteiger partial charge in [0.1, 0.15) is 5.82 Å². The van der Waals surface area contributed by atoms with E-state index in [4.69, 9.17) is 11.6 Å². The van der Waals surface area contributed by atoms with Crippen LogP contribution in [0.15, 0.2) is 12.3 Å². The topological polar surface area (TPSA) is 86.3 Å².